The molecule has 0 bridgehead atoms. The molecule has 90 valence electrons. The van der Waals surface area contributed by atoms with Crippen LogP contribution in [0.3, 0.4) is 0 Å². The van der Waals surface area contributed by atoms with Gasteiger partial charge in [-0.2, -0.15) is 0 Å². The van der Waals surface area contributed by atoms with Gasteiger partial charge in [0.25, 0.3) is 0 Å². The van der Waals surface area contributed by atoms with Gasteiger partial charge >= 0.3 is 0 Å². The van der Waals surface area contributed by atoms with E-state index >= 15 is 0 Å². The number of thiazole rings is 1. The Balaban J connectivity index is 2.25. The van der Waals surface area contributed by atoms with Crippen LogP contribution in [0.4, 0.5) is 0 Å². The maximum Gasteiger partial charge on any atom is 0.233 e. The van der Waals surface area contributed by atoms with Crippen molar-refractivity contribution in [1.82, 2.24) is 15.6 Å². The molecule has 1 aromatic heterocycles. The van der Waals surface area contributed by atoms with Crippen LogP contribution in [0.1, 0.15) is 28.9 Å². The van der Waals surface area contributed by atoms with E-state index in [2.05, 4.69) is 15.6 Å². The van der Waals surface area contributed by atoms with Gasteiger partial charge in [0.2, 0.25) is 5.91 Å². The zero-order valence-corrected chi connectivity index (χ0v) is 10.9. The summed E-state index contributed by atoms with van der Waals surface area (Å²) in [6.45, 7) is 7.87. The van der Waals surface area contributed by atoms with E-state index in [9.17, 15) is 4.79 Å². The number of carbonyl (C=O) groups is 1. The van der Waals surface area contributed by atoms with Crippen molar-refractivity contribution in [2.24, 2.45) is 0 Å². The molecule has 4 nitrogen and oxygen atoms in total. The standard InChI is InChI=1S/C11H19N3OS/c1-4-5-13-11(15)7-12-6-10-8(2)14-9(3)16-10/h12H,4-7H2,1-3H3,(H,13,15). The summed E-state index contributed by atoms with van der Waals surface area (Å²) in [6, 6.07) is 0. The lowest BCUT2D eigenvalue weighted by Crippen LogP contribution is -2.33. The molecule has 0 unspecified atom stereocenters. The number of nitrogens with one attached hydrogen (secondary N) is 2. The molecular formula is C11H19N3OS. The van der Waals surface area contributed by atoms with Crippen LogP contribution >= 0.6 is 11.3 Å². The fourth-order valence-corrected chi connectivity index (χ4v) is 2.26. The number of aromatic nitrogens is 1. The van der Waals surface area contributed by atoms with E-state index < -0.39 is 0 Å². The van der Waals surface area contributed by atoms with Crippen molar-refractivity contribution >= 4 is 17.2 Å². The normalized spacial score (nSPS) is 10.4. The van der Waals surface area contributed by atoms with E-state index in [0.717, 1.165) is 30.2 Å². The zero-order chi connectivity index (χ0) is 12.0. The van der Waals surface area contributed by atoms with Crippen LogP contribution in [0.15, 0.2) is 0 Å². The molecule has 1 rings (SSSR count). The molecule has 0 aromatic carbocycles. The molecule has 1 heterocycles. The summed E-state index contributed by atoms with van der Waals surface area (Å²) in [7, 11) is 0. The number of aryl methyl sites for hydroxylation is 2. The predicted molar refractivity (Wildman–Crippen MR) is 66.6 cm³/mol. The summed E-state index contributed by atoms with van der Waals surface area (Å²) < 4.78 is 0. The second-order valence-electron chi connectivity index (χ2n) is 3.69. The lowest BCUT2D eigenvalue weighted by molar-refractivity contribution is -0.120. The Bertz CT molecular complexity index is 349. The monoisotopic (exact) mass is 241 g/mol. The zero-order valence-electron chi connectivity index (χ0n) is 10.1. The van der Waals surface area contributed by atoms with Crippen LogP contribution in [0.5, 0.6) is 0 Å². The summed E-state index contributed by atoms with van der Waals surface area (Å²) >= 11 is 1.68. The Morgan fingerprint density at radius 3 is 2.75 bits per heavy atom. The van der Waals surface area contributed by atoms with Gasteiger partial charge in [-0.1, -0.05) is 6.92 Å². The maximum atomic E-state index is 11.3. The van der Waals surface area contributed by atoms with Crippen LogP contribution in [-0.4, -0.2) is 24.0 Å². The van der Waals surface area contributed by atoms with Crippen molar-refractivity contribution in [1.29, 1.82) is 0 Å². The Morgan fingerprint density at radius 1 is 1.44 bits per heavy atom. The molecule has 0 aliphatic rings. The summed E-state index contributed by atoms with van der Waals surface area (Å²) in [6.07, 6.45) is 0.971. The quantitative estimate of drug-likeness (QED) is 0.791. The van der Waals surface area contributed by atoms with Gasteiger partial charge in [0.15, 0.2) is 0 Å². The van der Waals surface area contributed by atoms with E-state index in [0.29, 0.717) is 6.54 Å². The third kappa shape index (κ3) is 4.28. The molecule has 16 heavy (non-hydrogen) atoms. The molecule has 5 heteroatoms. The summed E-state index contributed by atoms with van der Waals surface area (Å²) in [5.74, 6) is 0.0562. The van der Waals surface area contributed by atoms with Crippen molar-refractivity contribution in [2.45, 2.75) is 33.7 Å². The summed E-state index contributed by atoms with van der Waals surface area (Å²) in [5.41, 5.74) is 1.06. The van der Waals surface area contributed by atoms with Crippen molar-refractivity contribution in [3.63, 3.8) is 0 Å². The number of hydrogen-bond acceptors (Lipinski definition) is 4. The molecule has 0 saturated carbocycles. The molecule has 0 fully saturated rings. The minimum Gasteiger partial charge on any atom is -0.355 e. The van der Waals surface area contributed by atoms with Gasteiger partial charge in [-0.05, 0) is 20.3 Å². The van der Waals surface area contributed by atoms with Gasteiger partial charge in [-0.3, -0.25) is 4.79 Å². The van der Waals surface area contributed by atoms with E-state index in [1.54, 1.807) is 11.3 Å². The Morgan fingerprint density at radius 2 is 2.19 bits per heavy atom. The molecule has 0 aliphatic heterocycles. The van der Waals surface area contributed by atoms with Crippen LogP contribution in [-0.2, 0) is 11.3 Å². The maximum absolute atomic E-state index is 11.3. The second-order valence-corrected chi connectivity index (χ2v) is 4.98. The largest absolute Gasteiger partial charge is 0.355 e. The first-order valence-corrected chi connectivity index (χ1v) is 6.35. The fraction of sp³-hybridized carbons (Fsp3) is 0.636. The van der Waals surface area contributed by atoms with Gasteiger partial charge in [0.05, 0.1) is 17.2 Å². The Kier molecular flexibility index (Phi) is 5.42. The van der Waals surface area contributed by atoms with Gasteiger partial charge in [-0.15, -0.1) is 11.3 Å². The van der Waals surface area contributed by atoms with E-state index in [1.165, 1.54) is 4.88 Å². The number of amides is 1. The first kappa shape index (κ1) is 13.1. The van der Waals surface area contributed by atoms with Crippen LogP contribution in [0.25, 0.3) is 0 Å². The van der Waals surface area contributed by atoms with E-state index in [1.807, 2.05) is 20.8 Å². The van der Waals surface area contributed by atoms with Crippen LogP contribution in [0.2, 0.25) is 0 Å². The number of nitrogens with zero attached hydrogens (tertiary/aromatic N) is 1. The SMILES string of the molecule is CCCNC(=O)CNCc1sc(C)nc1C. The summed E-state index contributed by atoms with van der Waals surface area (Å²) in [5, 5.41) is 7.02. The molecule has 2 N–H and O–H groups in total. The molecule has 0 atom stereocenters. The highest BCUT2D eigenvalue weighted by Gasteiger charge is 2.05. The highest BCUT2D eigenvalue weighted by molar-refractivity contribution is 7.11. The Hall–Kier alpha value is -0.940. The van der Waals surface area contributed by atoms with Gasteiger partial charge in [-0.25, -0.2) is 4.98 Å². The topological polar surface area (TPSA) is 54.0 Å². The number of hydrogen-bond donors (Lipinski definition) is 2. The highest BCUT2D eigenvalue weighted by Crippen LogP contribution is 2.16. The van der Waals surface area contributed by atoms with Gasteiger partial charge in [0.1, 0.15) is 0 Å². The smallest absolute Gasteiger partial charge is 0.233 e. The van der Waals surface area contributed by atoms with Gasteiger partial charge < -0.3 is 10.6 Å². The van der Waals surface area contributed by atoms with E-state index in [-0.39, 0.29) is 5.91 Å². The van der Waals surface area contributed by atoms with Crippen LogP contribution in [0, 0.1) is 13.8 Å². The number of rotatable bonds is 6. The van der Waals surface area contributed by atoms with E-state index in [4.69, 9.17) is 0 Å². The minimum absolute atomic E-state index is 0.0562. The molecular weight excluding hydrogens is 222 g/mol. The first-order valence-electron chi connectivity index (χ1n) is 5.53. The second kappa shape index (κ2) is 6.60. The van der Waals surface area contributed by atoms with Gasteiger partial charge in [0, 0.05) is 18.0 Å². The molecule has 1 amide bonds. The average molecular weight is 241 g/mol. The summed E-state index contributed by atoms with van der Waals surface area (Å²) in [4.78, 5) is 16.8. The van der Waals surface area contributed by atoms with Crippen molar-refractivity contribution in [3.05, 3.63) is 15.6 Å². The highest BCUT2D eigenvalue weighted by atomic mass is 32.1. The van der Waals surface area contributed by atoms with Crippen LogP contribution < -0.4 is 10.6 Å². The lowest BCUT2D eigenvalue weighted by Gasteiger charge is -2.04. The first-order chi connectivity index (χ1) is 7.63. The molecule has 0 aliphatic carbocycles. The van der Waals surface area contributed by atoms with Crippen molar-refractivity contribution in [2.75, 3.05) is 13.1 Å². The number of carbonyl (C=O) groups excluding carboxylic acids is 1. The average Bonchev–Trinajstić information content (AvgIpc) is 2.55. The fourth-order valence-electron chi connectivity index (χ4n) is 1.35. The predicted octanol–water partition coefficient (Wildman–Crippen LogP) is 1.38. The van der Waals surface area contributed by atoms with Crippen molar-refractivity contribution < 1.29 is 4.79 Å². The lowest BCUT2D eigenvalue weighted by atomic mass is 10.4. The third-order valence-corrected chi connectivity index (χ3v) is 3.22. The third-order valence-electron chi connectivity index (χ3n) is 2.14. The Labute approximate surface area is 100 Å². The minimum atomic E-state index is 0.0562. The molecule has 0 saturated heterocycles. The molecule has 1 aromatic rings. The molecule has 0 radical (unpaired) electrons. The van der Waals surface area contributed by atoms with Crippen molar-refractivity contribution in [3.8, 4) is 0 Å². The molecule has 0 spiro atoms.